The highest BCUT2D eigenvalue weighted by molar-refractivity contribution is 7.99. The molecule has 1 aliphatic heterocycles. The topological polar surface area (TPSA) is 137 Å². The van der Waals surface area contributed by atoms with Crippen molar-refractivity contribution in [2.45, 2.75) is 70.2 Å². The van der Waals surface area contributed by atoms with Gasteiger partial charge in [-0.3, -0.25) is 14.8 Å². The van der Waals surface area contributed by atoms with Crippen molar-refractivity contribution in [1.82, 2.24) is 10.8 Å². The predicted molar refractivity (Wildman–Crippen MR) is 170 cm³/mol. The number of aliphatic hydroxyl groups is 2. The first kappa shape index (κ1) is 33.6. The number of hydroxylamine groups is 1. The second-order valence-electron chi connectivity index (χ2n) is 10.8. The van der Waals surface area contributed by atoms with Gasteiger partial charge in [0.15, 0.2) is 6.29 Å². The van der Waals surface area contributed by atoms with Crippen LogP contribution < -0.4 is 10.8 Å². The zero-order valence-electron chi connectivity index (χ0n) is 24.8. The molecule has 0 saturated carbocycles. The molecule has 2 amide bonds. The number of aliphatic hydroxyl groups excluding tert-OH is 2. The van der Waals surface area contributed by atoms with Crippen LogP contribution in [0.2, 0.25) is 0 Å². The molecule has 1 fully saturated rings. The zero-order valence-corrected chi connectivity index (χ0v) is 25.6. The van der Waals surface area contributed by atoms with Gasteiger partial charge >= 0.3 is 0 Å². The lowest BCUT2D eigenvalue weighted by Gasteiger charge is -2.36. The number of thioether (sulfide) groups is 1. The number of hydrogen-bond donors (Lipinski definition) is 5. The number of rotatable bonds is 16. The van der Waals surface area contributed by atoms with E-state index in [-0.39, 0.29) is 37.7 Å². The van der Waals surface area contributed by atoms with Crippen molar-refractivity contribution in [3.63, 3.8) is 0 Å². The van der Waals surface area contributed by atoms with Gasteiger partial charge in [-0.05, 0) is 52.8 Å². The van der Waals surface area contributed by atoms with E-state index in [9.17, 15) is 19.8 Å². The minimum atomic E-state index is -0.563. The van der Waals surface area contributed by atoms with E-state index in [0.29, 0.717) is 38.0 Å². The SMILES string of the molecule is O=C(CCCCCC(=O)NCc1cccc(-c2cccc([C@@H]3O[C@H](CSCCO)C[C@H](c4ccc(CO)cc4)O3)c2)c1)NO. The molecule has 4 rings (SSSR count). The fourth-order valence-electron chi connectivity index (χ4n) is 5.12. The maximum Gasteiger partial charge on any atom is 0.243 e. The van der Waals surface area contributed by atoms with Gasteiger partial charge in [-0.25, -0.2) is 5.48 Å². The maximum absolute atomic E-state index is 12.3. The van der Waals surface area contributed by atoms with Crippen LogP contribution in [-0.4, -0.2) is 51.5 Å². The summed E-state index contributed by atoms with van der Waals surface area (Å²) in [5.41, 5.74) is 7.42. The van der Waals surface area contributed by atoms with Crippen molar-refractivity contribution < 1.29 is 34.5 Å². The van der Waals surface area contributed by atoms with Crippen LogP contribution in [0.4, 0.5) is 0 Å². The molecule has 236 valence electrons. The smallest absolute Gasteiger partial charge is 0.243 e. The molecule has 10 heteroatoms. The molecule has 1 heterocycles. The Morgan fingerprint density at radius 1 is 0.818 bits per heavy atom. The van der Waals surface area contributed by atoms with Crippen LogP contribution in [-0.2, 0) is 32.2 Å². The van der Waals surface area contributed by atoms with Crippen LogP contribution in [0.3, 0.4) is 0 Å². The molecule has 0 bridgehead atoms. The Morgan fingerprint density at radius 3 is 2.27 bits per heavy atom. The van der Waals surface area contributed by atoms with Gasteiger partial charge in [-0.1, -0.05) is 67.1 Å². The number of hydrogen-bond acceptors (Lipinski definition) is 8. The second-order valence-corrected chi connectivity index (χ2v) is 12.0. The summed E-state index contributed by atoms with van der Waals surface area (Å²) in [6, 6.07) is 24.0. The van der Waals surface area contributed by atoms with Crippen LogP contribution in [0.25, 0.3) is 11.1 Å². The van der Waals surface area contributed by atoms with Gasteiger partial charge in [-0.15, -0.1) is 0 Å². The quantitative estimate of drug-likeness (QED) is 0.0837. The first-order valence-corrected chi connectivity index (χ1v) is 16.2. The summed E-state index contributed by atoms with van der Waals surface area (Å²) in [6.07, 6.45) is 2.58. The van der Waals surface area contributed by atoms with E-state index < -0.39 is 12.2 Å². The molecule has 0 unspecified atom stereocenters. The van der Waals surface area contributed by atoms with E-state index in [0.717, 1.165) is 45.6 Å². The molecule has 9 nitrogen and oxygen atoms in total. The molecule has 1 aliphatic rings. The molecule has 0 spiro atoms. The summed E-state index contributed by atoms with van der Waals surface area (Å²) in [4.78, 5) is 23.4. The maximum atomic E-state index is 12.3. The number of amides is 2. The Hall–Kier alpha value is -3.25. The minimum Gasteiger partial charge on any atom is -0.396 e. The fraction of sp³-hybridized carbons (Fsp3) is 0.412. The normalized spacial score (nSPS) is 18.1. The van der Waals surface area contributed by atoms with Crippen LogP contribution in [0.5, 0.6) is 0 Å². The lowest BCUT2D eigenvalue weighted by Crippen LogP contribution is -2.31. The predicted octanol–water partition coefficient (Wildman–Crippen LogP) is 5.19. The van der Waals surface area contributed by atoms with Crippen molar-refractivity contribution >= 4 is 23.6 Å². The summed E-state index contributed by atoms with van der Waals surface area (Å²) in [7, 11) is 0. The molecule has 3 aromatic rings. The van der Waals surface area contributed by atoms with Gasteiger partial charge in [0.25, 0.3) is 0 Å². The lowest BCUT2D eigenvalue weighted by atomic mass is 9.99. The molecule has 44 heavy (non-hydrogen) atoms. The summed E-state index contributed by atoms with van der Waals surface area (Å²) in [5, 5.41) is 30.2. The highest BCUT2D eigenvalue weighted by Gasteiger charge is 2.32. The summed E-state index contributed by atoms with van der Waals surface area (Å²) in [6.45, 7) is 0.535. The van der Waals surface area contributed by atoms with E-state index in [1.165, 1.54) is 0 Å². The van der Waals surface area contributed by atoms with Crippen molar-refractivity contribution in [2.75, 3.05) is 18.1 Å². The monoisotopic (exact) mass is 622 g/mol. The molecular formula is C34H42N2O7S. The Kier molecular flexibility index (Phi) is 13.7. The van der Waals surface area contributed by atoms with Crippen molar-refractivity contribution in [3.8, 4) is 11.1 Å². The number of nitrogens with one attached hydrogen (secondary N) is 2. The van der Waals surface area contributed by atoms with E-state index >= 15 is 0 Å². The molecule has 5 N–H and O–H groups in total. The molecule has 3 atom stereocenters. The van der Waals surface area contributed by atoms with Crippen molar-refractivity contribution in [1.29, 1.82) is 0 Å². The Labute approximate surface area is 262 Å². The van der Waals surface area contributed by atoms with Gasteiger partial charge in [0.05, 0.1) is 25.4 Å². The standard InChI is InChI=1S/C34H42N2O7S/c37-16-17-44-23-30-20-31(26-14-12-24(22-38)13-15-26)43-34(42-30)29-9-5-8-28(19-29)27-7-4-6-25(18-27)21-35-32(39)10-2-1-3-11-33(40)36-41/h4-9,12-15,18-19,30-31,34,37-38,41H,1-3,10-11,16-17,20-23H2,(H,35,39)(H,36,40)/t30-,31+,34+/m0/s1. The number of benzene rings is 3. The third-order valence-corrected chi connectivity index (χ3v) is 8.57. The molecular weight excluding hydrogens is 580 g/mol. The second kappa shape index (κ2) is 17.9. The summed E-state index contributed by atoms with van der Waals surface area (Å²) >= 11 is 1.66. The van der Waals surface area contributed by atoms with Gasteiger partial charge in [0.1, 0.15) is 0 Å². The molecule has 3 aromatic carbocycles. The van der Waals surface area contributed by atoms with Gasteiger partial charge < -0.3 is 25.0 Å². The number of carbonyl (C=O) groups excluding carboxylic acids is 2. The van der Waals surface area contributed by atoms with Crippen LogP contribution >= 0.6 is 11.8 Å². The van der Waals surface area contributed by atoms with Gasteiger partial charge in [0, 0.05) is 42.9 Å². The first-order valence-electron chi connectivity index (χ1n) is 15.1. The largest absolute Gasteiger partial charge is 0.396 e. The van der Waals surface area contributed by atoms with E-state index in [1.54, 1.807) is 17.2 Å². The Morgan fingerprint density at radius 2 is 1.55 bits per heavy atom. The minimum absolute atomic E-state index is 0.00657. The lowest BCUT2D eigenvalue weighted by molar-refractivity contribution is -0.245. The van der Waals surface area contributed by atoms with Gasteiger partial charge in [-0.2, -0.15) is 11.8 Å². The van der Waals surface area contributed by atoms with E-state index in [4.69, 9.17) is 14.7 Å². The van der Waals surface area contributed by atoms with E-state index in [1.807, 2.05) is 60.7 Å². The van der Waals surface area contributed by atoms with Gasteiger partial charge in [0.2, 0.25) is 11.8 Å². The summed E-state index contributed by atoms with van der Waals surface area (Å²) < 4.78 is 12.9. The molecule has 1 saturated heterocycles. The third kappa shape index (κ3) is 10.4. The number of unbranched alkanes of at least 4 members (excludes halogenated alkanes) is 2. The molecule has 0 aromatic heterocycles. The fourth-order valence-corrected chi connectivity index (χ4v) is 5.89. The third-order valence-electron chi connectivity index (χ3n) is 7.50. The molecule has 0 aliphatic carbocycles. The zero-order chi connectivity index (χ0) is 31.1. The highest BCUT2D eigenvalue weighted by atomic mass is 32.2. The Balaban J connectivity index is 1.39. The van der Waals surface area contributed by atoms with Crippen molar-refractivity contribution in [2.24, 2.45) is 0 Å². The highest BCUT2D eigenvalue weighted by Crippen LogP contribution is 2.39. The van der Waals surface area contributed by atoms with Crippen molar-refractivity contribution in [3.05, 3.63) is 95.1 Å². The Bertz CT molecular complexity index is 1340. The average Bonchev–Trinajstić information content (AvgIpc) is 3.07. The van der Waals surface area contributed by atoms with Crippen LogP contribution in [0, 0.1) is 0 Å². The summed E-state index contributed by atoms with van der Waals surface area (Å²) in [5.74, 6) is 0.951. The number of carbonyl (C=O) groups is 2. The van der Waals surface area contributed by atoms with Crippen LogP contribution in [0.15, 0.2) is 72.8 Å². The average molecular weight is 623 g/mol. The molecule has 0 radical (unpaired) electrons. The first-order chi connectivity index (χ1) is 21.5. The van der Waals surface area contributed by atoms with Crippen LogP contribution in [0.1, 0.15) is 73.2 Å². The number of ether oxygens (including phenoxy) is 2. The van der Waals surface area contributed by atoms with E-state index in [2.05, 4.69) is 17.4 Å².